The van der Waals surface area contributed by atoms with Crippen LogP contribution < -0.4 is 0 Å². The van der Waals surface area contributed by atoms with Crippen LogP contribution in [0.2, 0.25) is 0 Å². The Bertz CT molecular complexity index is 728. The number of carbonyl (C=O) groups excluding carboxylic acids is 2. The van der Waals surface area contributed by atoms with E-state index in [0.717, 1.165) is 44.9 Å². The van der Waals surface area contributed by atoms with E-state index in [4.69, 9.17) is 18.5 Å². The van der Waals surface area contributed by atoms with Crippen molar-refractivity contribution in [3.05, 3.63) is 0 Å². The quantitative estimate of drug-likeness (QED) is 0.0349. The molecule has 256 valence electrons. The van der Waals surface area contributed by atoms with E-state index in [1.165, 1.54) is 70.6 Å². The Morgan fingerprint density at radius 3 is 1.49 bits per heavy atom. The van der Waals surface area contributed by atoms with E-state index in [9.17, 15) is 19.0 Å². The van der Waals surface area contributed by atoms with Crippen LogP contribution in [0.25, 0.3) is 0 Å². The number of rotatable bonds is 31. The van der Waals surface area contributed by atoms with Crippen LogP contribution in [0, 0.1) is 0 Å². The molecule has 0 aliphatic rings. The highest BCUT2D eigenvalue weighted by atomic mass is 31.2. The lowest BCUT2D eigenvalue weighted by Crippen LogP contribution is -2.37. The van der Waals surface area contributed by atoms with Crippen molar-refractivity contribution in [3.63, 3.8) is 0 Å². The molecule has 0 heterocycles. The van der Waals surface area contributed by atoms with Crippen LogP contribution in [-0.2, 0) is 32.7 Å². The van der Waals surface area contributed by atoms with Crippen LogP contribution in [-0.4, -0.2) is 74.9 Å². The molecule has 2 unspecified atom stereocenters. The summed E-state index contributed by atoms with van der Waals surface area (Å²) in [6, 6.07) is 0. The van der Waals surface area contributed by atoms with Gasteiger partial charge in [0, 0.05) is 12.8 Å². The molecule has 0 rings (SSSR count). The molecule has 1 N–H and O–H groups in total. The standard InChI is InChI=1S/C33H66NO8P/c1-6-8-10-12-14-15-16-17-18-19-20-22-23-25-32(35)39-29-31(42-33(36)26-24-21-13-11-9-7-2)30-41-43(37,38)40-28-27-34(3,4)5/h31H,6-30H2,1-5H3/p+1. The Morgan fingerprint density at radius 1 is 0.628 bits per heavy atom. The minimum Gasteiger partial charge on any atom is -0.462 e. The van der Waals surface area contributed by atoms with Crippen molar-refractivity contribution in [1.82, 2.24) is 0 Å². The Labute approximate surface area is 264 Å². The van der Waals surface area contributed by atoms with Crippen molar-refractivity contribution in [2.24, 2.45) is 0 Å². The van der Waals surface area contributed by atoms with Crippen LogP contribution in [0.5, 0.6) is 0 Å². The van der Waals surface area contributed by atoms with Crippen molar-refractivity contribution in [1.29, 1.82) is 0 Å². The maximum Gasteiger partial charge on any atom is 0.472 e. The zero-order chi connectivity index (χ0) is 32.2. The molecular weight excluding hydrogens is 569 g/mol. The zero-order valence-electron chi connectivity index (χ0n) is 28.5. The SMILES string of the molecule is CCCCCCCCCCCCCCCC(=O)OCC(COP(=O)(O)OCC[N+](C)(C)C)OC(=O)CCCCCCCC. The average molecular weight is 637 g/mol. The van der Waals surface area contributed by atoms with Crippen LogP contribution in [0.3, 0.4) is 0 Å². The van der Waals surface area contributed by atoms with Crippen molar-refractivity contribution in [2.45, 2.75) is 155 Å². The van der Waals surface area contributed by atoms with Gasteiger partial charge in [-0.1, -0.05) is 123 Å². The maximum absolute atomic E-state index is 12.4. The van der Waals surface area contributed by atoms with E-state index >= 15 is 0 Å². The van der Waals surface area contributed by atoms with E-state index in [1.54, 1.807) is 0 Å². The average Bonchev–Trinajstić information content (AvgIpc) is 2.93. The lowest BCUT2D eigenvalue weighted by atomic mass is 10.0. The number of likely N-dealkylation sites (N-methyl/N-ethyl adjacent to an activating group) is 1. The first-order valence-electron chi connectivity index (χ1n) is 17.3. The van der Waals surface area contributed by atoms with Gasteiger partial charge in [0.25, 0.3) is 0 Å². The first-order chi connectivity index (χ1) is 20.5. The molecule has 9 nitrogen and oxygen atoms in total. The lowest BCUT2D eigenvalue weighted by molar-refractivity contribution is -0.870. The second kappa shape index (κ2) is 27.3. The van der Waals surface area contributed by atoms with Crippen molar-refractivity contribution < 1.29 is 42.1 Å². The Morgan fingerprint density at radius 2 is 1.05 bits per heavy atom. The number of esters is 2. The summed E-state index contributed by atoms with van der Waals surface area (Å²) in [5.74, 6) is -0.804. The molecule has 0 aliphatic carbocycles. The summed E-state index contributed by atoms with van der Waals surface area (Å²) >= 11 is 0. The normalized spacial score (nSPS) is 13.9. The summed E-state index contributed by atoms with van der Waals surface area (Å²) in [5.41, 5.74) is 0. The fourth-order valence-electron chi connectivity index (χ4n) is 4.60. The molecule has 10 heteroatoms. The van der Waals surface area contributed by atoms with Gasteiger partial charge in [0.2, 0.25) is 0 Å². The van der Waals surface area contributed by atoms with Gasteiger partial charge >= 0.3 is 19.8 Å². The third kappa shape index (κ3) is 30.8. The second-order valence-electron chi connectivity index (χ2n) is 12.9. The van der Waals surface area contributed by atoms with Crippen molar-refractivity contribution >= 4 is 19.8 Å². The van der Waals surface area contributed by atoms with Gasteiger partial charge in [-0.15, -0.1) is 0 Å². The summed E-state index contributed by atoms with van der Waals surface area (Å²) in [4.78, 5) is 34.8. The number of ether oxygens (including phenoxy) is 2. The molecule has 0 aromatic rings. The molecule has 43 heavy (non-hydrogen) atoms. The molecule has 0 aromatic carbocycles. The molecule has 0 radical (unpaired) electrons. The number of hydrogen-bond donors (Lipinski definition) is 1. The van der Waals surface area contributed by atoms with Gasteiger partial charge in [0.1, 0.15) is 19.8 Å². The van der Waals surface area contributed by atoms with E-state index in [1.807, 2.05) is 21.1 Å². The Hall–Kier alpha value is -0.990. The zero-order valence-corrected chi connectivity index (χ0v) is 29.3. The number of unbranched alkanes of at least 4 members (excludes halogenated alkanes) is 17. The lowest BCUT2D eigenvalue weighted by Gasteiger charge is -2.24. The molecule has 0 fully saturated rings. The molecule has 0 spiro atoms. The highest BCUT2D eigenvalue weighted by Gasteiger charge is 2.27. The summed E-state index contributed by atoms with van der Waals surface area (Å²) < 4.78 is 33.9. The molecule has 2 atom stereocenters. The summed E-state index contributed by atoms with van der Waals surface area (Å²) in [7, 11) is 1.48. The number of phosphoric acid groups is 1. The molecule has 0 amide bonds. The van der Waals surface area contributed by atoms with Gasteiger partial charge in [-0.3, -0.25) is 18.6 Å². The molecule has 0 bridgehead atoms. The van der Waals surface area contributed by atoms with Crippen LogP contribution >= 0.6 is 7.82 Å². The number of quaternary nitrogens is 1. The van der Waals surface area contributed by atoms with E-state index < -0.39 is 26.5 Å². The molecule has 0 aromatic heterocycles. The molecular formula is C33H67NO8P+. The highest BCUT2D eigenvalue weighted by molar-refractivity contribution is 7.47. The van der Waals surface area contributed by atoms with Crippen LogP contribution in [0.15, 0.2) is 0 Å². The predicted octanol–water partition coefficient (Wildman–Crippen LogP) is 8.51. The number of phosphoric ester groups is 1. The third-order valence-corrected chi connectivity index (χ3v) is 8.37. The molecule has 0 saturated carbocycles. The van der Waals surface area contributed by atoms with Gasteiger partial charge in [0.15, 0.2) is 6.10 Å². The highest BCUT2D eigenvalue weighted by Crippen LogP contribution is 2.43. The van der Waals surface area contributed by atoms with Gasteiger partial charge in [-0.2, -0.15) is 0 Å². The summed E-state index contributed by atoms with van der Waals surface area (Å²) in [5, 5.41) is 0. The number of hydrogen-bond acceptors (Lipinski definition) is 7. The van der Waals surface area contributed by atoms with Gasteiger partial charge in [-0.25, -0.2) is 4.57 Å². The maximum atomic E-state index is 12.4. The smallest absolute Gasteiger partial charge is 0.462 e. The van der Waals surface area contributed by atoms with Gasteiger partial charge in [0.05, 0.1) is 27.7 Å². The predicted molar refractivity (Wildman–Crippen MR) is 174 cm³/mol. The topological polar surface area (TPSA) is 108 Å². The van der Waals surface area contributed by atoms with E-state index in [0.29, 0.717) is 23.9 Å². The fraction of sp³-hybridized carbons (Fsp3) is 0.939. The van der Waals surface area contributed by atoms with Gasteiger partial charge in [-0.05, 0) is 12.8 Å². The number of nitrogens with zero attached hydrogens (tertiary/aromatic N) is 1. The largest absolute Gasteiger partial charge is 0.472 e. The van der Waals surface area contributed by atoms with Gasteiger partial charge < -0.3 is 18.9 Å². The monoisotopic (exact) mass is 636 g/mol. The Kier molecular flexibility index (Phi) is 26.7. The minimum absolute atomic E-state index is 0.0356. The van der Waals surface area contributed by atoms with Crippen molar-refractivity contribution in [3.8, 4) is 0 Å². The second-order valence-corrected chi connectivity index (χ2v) is 14.4. The van der Waals surface area contributed by atoms with Crippen molar-refractivity contribution in [2.75, 3.05) is 47.5 Å². The fourth-order valence-corrected chi connectivity index (χ4v) is 5.34. The van der Waals surface area contributed by atoms with Crippen LogP contribution in [0.4, 0.5) is 0 Å². The first kappa shape index (κ1) is 42.0. The van der Waals surface area contributed by atoms with Crippen LogP contribution in [0.1, 0.15) is 149 Å². The first-order valence-corrected chi connectivity index (χ1v) is 18.8. The minimum atomic E-state index is -4.35. The third-order valence-electron chi connectivity index (χ3n) is 7.39. The summed E-state index contributed by atoms with van der Waals surface area (Å²) in [6.45, 7) is 4.34. The molecule has 0 saturated heterocycles. The number of carbonyl (C=O) groups is 2. The Balaban J connectivity index is 4.37. The van der Waals surface area contributed by atoms with E-state index in [-0.39, 0.29) is 25.6 Å². The molecule has 0 aliphatic heterocycles. The van der Waals surface area contributed by atoms with E-state index in [2.05, 4.69) is 13.8 Å². The summed E-state index contributed by atoms with van der Waals surface area (Å²) in [6.07, 6.45) is 21.8.